The Labute approximate surface area is 101 Å². The van der Waals surface area contributed by atoms with E-state index >= 15 is 0 Å². The van der Waals surface area contributed by atoms with Gasteiger partial charge in [0.2, 0.25) is 5.91 Å². The van der Waals surface area contributed by atoms with Gasteiger partial charge in [-0.15, -0.1) is 0 Å². The van der Waals surface area contributed by atoms with Crippen molar-refractivity contribution >= 4 is 5.91 Å². The SMILES string of the molecule is NCC1CCCCC1C(=O)NCc1ccno1. The number of hydrogen-bond acceptors (Lipinski definition) is 4. The molecule has 2 atom stereocenters. The maximum absolute atomic E-state index is 12.0. The zero-order valence-corrected chi connectivity index (χ0v) is 9.89. The quantitative estimate of drug-likeness (QED) is 0.820. The summed E-state index contributed by atoms with van der Waals surface area (Å²) >= 11 is 0. The Morgan fingerprint density at radius 3 is 3.06 bits per heavy atom. The van der Waals surface area contributed by atoms with Crippen LogP contribution in [0.3, 0.4) is 0 Å². The van der Waals surface area contributed by atoms with E-state index in [1.807, 2.05) is 0 Å². The highest BCUT2D eigenvalue weighted by Gasteiger charge is 2.29. The lowest BCUT2D eigenvalue weighted by Crippen LogP contribution is -2.39. The van der Waals surface area contributed by atoms with E-state index in [1.165, 1.54) is 6.42 Å². The Bertz CT molecular complexity index is 351. The highest BCUT2D eigenvalue weighted by molar-refractivity contribution is 5.79. The minimum absolute atomic E-state index is 0.0664. The predicted octanol–water partition coefficient (Wildman–Crippen LogP) is 1.06. The number of nitrogens with two attached hydrogens (primary N) is 1. The average Bonchev–Trinajstić information content (AvgIpc) is 2.89. The summed E-state index contributed by atoms with van der Waals surface area (Å²) < 4.78 is 4.93. The molecule has 0 spiro atoms. The Hall–Kier alpha value is -1.36. The predicted molar refractivity (Wildman–Crippen MR) is 62.9 cm³/mol. The number of nitrogens with zero attached hydrogens (tertiary/aromatic N) is 1. The number of rotatable bonds is 4. The second-order valence-corrected chi connectivity index (χ2v) is 4.58. The molecular formula is C12H19N3O2. The molecule has 0 aliphatic heterocycles. The van der Waals surface area contributed by atoms with Crippen LogP contribution < -0.4 is 11.1 Å². The maximum Gasteiger partial charge on any atom is 0.223 e. The molecule has 1 saturated carbocycles. The van der Waals surface area contributed by atoms with Crippen molar-refractivity contribution in [1.82, 2.24) is 10.5 Å². The molecule has 0 bridgehead atoms. The number of carbonyl (C=O) groups is 1. The standard InChI is InChI=1S/C12H19N3O2/c13-7-9-3-1-2-4-11(9)12(16)14-8-10-5-6-15-17-10/h5-6,9,11H,1-4,7-8,13H2,(H,14,16). The van der Waals surface area contributed by atoms with Gasteiger partial charge in [-0.25, -0.2) is 0 Å². The van der Waals surface area contributed by atoms with Crippen LogP contribution in [0, 0.1) is 11.8 Å². The van der Waals surface area contributed by atoms with Crippen LogP contribution in [0.1, 0.15) is 31.4 Å². The first-order chi connectivity index (χ1) is 8.31. The van der Waals surface area contributed by atoms with Gasteiger partial charge < -0.3 is 15.6 Å². The first-order valence-corrected chi connectivity index (χ1v) is 6.18. The second kappa shape index (κ2) is 5.82. The fourth-order valence-corrected chi connectivity index (χ4v) is 2.47. The largest absolute Gasteiger partial charge is 0.360 e. The Kier molecular flexibility index (Phi) is 4.14. The van der Waals surface area contributed by atoms with Crippen molar-refractivity contribution in [2.75, 3.05) is 6.54 Å². The molecule has 94 valence electrons. The molecule has 1 amide bonds. The number of nitrogens with one attached hydrogen (secondary N) is 1. The molecule has 0 radical (unpaired) electrons. The van der Waals surface area contributed by atoms with Gasteiger partial charge in [0, 0.05) is 12.0 Å². The molecular weight excluding hydrogens is 218 g/mol. The van der Waals surface area contributed by atoms with E-state index in [1.54, 1.807) is 12.3 Å². The Morgan fingerprint density at radius 2 is 2.35 bits per heavy atom. The average molecular weight is 237 g/mol. The van der Waals surface area contributed by atoms with Crippen LogP contribution in [0.4, 0.5) is 0 Å². The molecule has 0 aromatic carbocycles. The Balaban J connectivity index is 1.85. The molecule has 5 nitrogen and oxygen atoms in total. The lowest BCUT2D eigenvalue weighted by molar-refractivity contribution is -0.127. The molecule has 3 N–H and O–H groups in total. The van der Waals surface area contributed by atoms with Gasteiger partial charge in [-0.1, -0.05) is 18.0 Å². The van der Waals surface area contributed by atoms with E-state index in [2.05, 4.69) is 10.5 Å². The van der Waals surface area contributed by atoms with E-state index < -0.39 is 0 Å². The minimum Gasteiger partial charge on any atom is -0.360 e. The van der Waals surface area contributed by atoms with Gasteiger partial charge in [-0.2, -0.15) is 0 Å². The summed E-state index contributed by atoms with van der Waals surface area (Å²) in [5.74, 6) is 1.17. The van der Waals surface area contributed by atoms with E-state index in [0.717, 1.165) is 19.3 Å². The van der Waals surface area contributed by atoms with E-state index in [-0.39, 0.29) is 11.8 Å². The van der Waals surface area contributed by atoms with Crippen LogP contribution in [-0.2, 0) is 11.3 Å². The third-order valence-corrected chi connectivity index (χ3v) is 3.48. The van der Waals surface area contributed by atoms with Crippen LogP contribution in [0.15, 0.2) is 16.8 Å². The smallest absolute Gasteiger partial charge is 0.223 e. The van der Waals surface area contributed by atoms with Crippen LogP contribution in [-0.4, -0.2) is 17.6 Å². The molecule has 1 aliphatic carbocycles. The summed E-state index contributed by atoms with van der Waals surface area (Å²) in [7, 11) is 0. The zero-order chi connectivity index (χ0) is 12.1. The van der Waals surface area contributed by atoms with Crippen LogP contribution in [0.2, 0.25) is 0 Å². The van der Waals surface area contributed by atoms with Crippen LogP contribution in [0.5, 0.6) is 0 Å². The number of hydrogen-bond donors (Lipinski definition) is 2. The van der Waals surface area contributed by atoms with Crippen molar-refractivity contribution in [1.29, 1.82) is 0 Å². The van der Waals surface area contributed by atoms with E-state index in [4.69, 9.17) is 10.3 Å². The van der Waals surface area contributed by atoms with E-state index in [0.29, 0.717) is 24.8 Å². The number of amides is 1. The minimum atomic E-state index is 0.0664. The monoisotopic (exact) mass is 237 g/mol. The van der Waals surface area contributed by atoms with Crippen LogP contribution in [0.25, 0.3) is 0 Å². The third kappa shape index (κ3) is 3.06. The fourth-order valence-electron chi connectivity index (χ4n) is 2.47. The molecule has 0 saturated heterocycles. The summed E-state index contributed by atoms with van der Waals surface area (Å²) in [6, 6.07) is 1.75. The summed E-state index contributed by atoms with van der Waals surface area (Å²) in [5.41, 5.74) is 5.71. The number of carbonyl (C=O) groups excluding carboxylic acids is 1. The summed E-state index contributed by atoms with van der Waals surface area (Å²) in [6.45, 7) is 1.01. The molecule has 1 aromatic rings. The molecule has 17 heavy (non-hydrogen) atoms. The molecule has 1 fully saturated rings. The molecule has 1 aromatic heterocycles. The van der Waals surface area contributed by atoms with Gasteiger partial charge in [-0.05, 0) is 25.3 Å². The van der Waals surface area contributed by atoms with Gasteiger partial charge in [0.15, 0.2) is 5.76 Å². The molecule has 5 heteroatoms. The molecule has 1 heterocycles. The molecule has 2 rings (SSSR count). The Morgan fingerprint density at radius 1 is 1.53 bits per heavy atom. The normalized spacial score (nSPS) is 24.5. The summed E-state index contributed by atoms with van der Waals surface area (Å²) in [6.07, 6.45) is 5.90. The lowest BCUT2D eigenvalue weighted by atomic mass is 9.79. The van der Waals surface area contributed by atoms with Crippen molar-refractivity contribution in [3.63, 3.8) is 0 Å². The second-order valence-electron chi connectivity index (χ2n) is 4.58. The van der Waals surface area contributed by atoms with Crippen LogP contribution >= 0.6 is 0 Å². The topological polar surface area (TPSA) is 81.2 Å². The van der Waals surface area contributed by atoms with Crippen molar-refractivity contribution in [3.8, 4) is 0 Å². The summed E-state index contributed by atoms with van der Waals surface area (Å²) in [5, 5.41) is 6.49. The van der Waals surface area contributed by atoms with Gasteiger partial charge in [0.1, 0.15) is 0 Å². The van der Waals surface area contributed by atoms with Gasteiger partial charge in [0.05, 0.1) is 12.7 Å². The van der Waals surface area contributed by atoms with Crippen molar-refractivity contribution < 1.29 is 9.32 Å². The first kappa shape index (κ1) is 12.1. The number of aromatic nitrogens is 1. The van der Waals surface area contributed by atoms with Crippen molar-refractivity contribution in [2.24, 2.45) is 17.6 Å². The molecule has 1 aliphatic rings. The van der Waals surface area contributed by atoms with Gasteiger partial charge in [0.25, 0.3) is 0 Å². The van der Waals surface area contributed by atoms with Crippen molar-refractivity contribution in [3.05, 3.63) is 18.0 Å². The fraction of sp³-hybridized carbons (Fsp3) is 0.667. The van der Waals surface area contributed by atoms with E-state index in [9.17, 15) is 4.79 Å². The maximum atomic E-state index is 12.0. The van der Waals surface area contributed by atoms with Crippen molar-refractivity contribution in [2.45, 2.75) is 32.2 Å². The molecule has 2 unspecified atom stereocenters. The first-order valence-electron chi connectivity index (χ1n) is 6.18. The third-order valence-electron chi connectivity index (χ3n) is 3.48. The highest BCUT2D eigenvalue weighted by atomic mass is 16.5. The summed E-state index contributed by atoms with van der Waals surface area (Å²) in [4.78, 5) is 12.0. The van der Waals surface area contributed by atoms with Gasteiger partial charge in [-0.3, -0.25) is 4.79 Å². The lowest BCUT2D eigenvalue weighted by Gasteiger charge is -2.29. The highest BCUT2D eigenvalue weighted by Crippen LogP contribution is 2.29. The van der Waals surface area contributed by atoms with Gasteiger partial charge >= 0.3 is 0 Å². The zero-order valence-electron chi connectivity index (χ0n) is 9.89.